The van der Waals surface area contributed by atoms with E-state index < -0.39 is 17.1 Å². The number of hydrogen-bond acceptors (Lipinski definition) is 2. The van der Waals surface area contributed by atoms with E-state index in [0.717, 1.165) is 16.7 Å². The minimum absolute atomic E-state index is 0.295. The molecule has 0 saturated carbocycles. The largest absolute Gasteiger partial charge is 0.673 e. The van der Waals surface area contributed by atoms with Gasteiger partial charge in [0, 0.05) is 0 Å². The number of fused-ring (bicyclic) bond motifs is 1. The number of aromatic nitrogens is 2. The van der Waals surface area contributed by atoms with E-state index in [1.165, 1.54) is 0 Å². The van der Waals surface area contributed by atoms with Gasteiger partial charge in [0.1, 0.15) is 5.69 Å². The van der Waals surface area contributed by atoms with Gasteiger partial charge in [-0.1, -0.05) is 30.3 Å². The van der Waals surface area contributed by atoms with Crippen LogP contribution in [0.1, 0.15) is 0 Å². The minimum Gasteiger partial charge on any atom is -0.418 e. The molecule has 0 atom stereocenters. The summed E-state index contributed by atoms with van der Waals surface area (Å²) in [6, 6.07) is 23.6. The molecule has 0 bridgehead atoms. The second-order valence-electron chi connectivity index (χ2n) is 6.39. The van der Waals surface area contributed by atoms with E-state index in [-0.39, 0.29) is 0 Å². The molecule has 4 nitrogen and oxygen atoms in total. The summed E-state index contributed by atoms with van der Waals surface area (Å²) in [4.78, 5) is 0.601. The highest BCUT2D eigenvalue weighted by Crippen LogP contribution is 2.23. The Bertz CT molecular complexity index is 1250. The average Bonchev–Trinajstić information content (AvgIpc) is 3.04. The molecular weight excluding hydrogens is 419 g/mol. The van der Waals surface area contributed by atoms with Gasteiger partial charge in [-0.2, -0.15) is 4.57 Å². The quantitative estimate of drug-likeness (QED) is 0.268. The van der Waals surface area contributed by atoms with Gasteiger partial charge < -0.3 is 17.3 Å². The molecule has 0 amide bonds. The van der Waals surface area contributed by atoms with E-state index in [4.69, 9.17) is 0 Å². The zero-order chi connectivity index (χ0) is 21.9. The smallest absolute Gasteiger partial charge is 0.418 e. The topological polar surface area (TPSA) is 43.0 Å². The summed E-state index contributed by atoms with van der Waals surface area (Å²) in [6.45, 7) is 0. The summed E-state index contributed by atoms with van der Waals surface area (Å²) in [5, 5.41) is 0. The van der Waals surface area contributed by atoms with Gasteiger partial charge in [-0.05, 0) is 48.5 Å². The monoisotopic (exact) mass is 436 g/mol. The zero-order valence-corrected chi connectivity index (χ0v) is 16.6. The molecule has 0 fully saturated rings. The molecule has 0 unspecified atom stereocenters. The van der Waals surface area contributed by atoms with Crippen LogP contribution in [0, 0.1) is 0 Å². The Morgan fingerprint density at radius 2 is 1.27 bits per heavy atom. The first-order valence-corrected chi connectivity index (χ1v) is 10.3. The van der Waals surface area contributed by atoms with Crippen LogP contribution >= 0.6 is 0 Å². The standard InChI is InChI=1S/C20H17N2O2S.BF4/c1-21-15-22(20-10-6-5-9-19(20)21)16-11-13-18(14-12-16)25(23,24)17-7-3-2-4-8-17;2-1(3,4)5/h2-15H,1H3;/q+1;-1. The average molecular weight is 436 g/mol. The highest BCUT2D eigenvalue weighted by molar-refractivity contribution is 7.91. The van der Waals surface area contributed by atoms with Crippen LogP contribution in [0.2, 0.25) is 0 Å². The van der Waals surface area contributed by atoms with E-state index >= 15 is 0 Å². The van der Waals surface area contributed by atoms with Crippen molar-refractivity contribution in [3.63, 3.8) is 0 Å². The minimum atomic E-state index is -6.00. The fourth-order valence-electron chi connectivity index (χ4n) is 2.99. The lowest BCUT2D eigenvalue weighted by molar-refractivity contribution is -0.645. The van der Waals surface area contributed by atoms with Gasteiger partial charge in [0.25, 0.3) is 0 Å². The van der Waals surface area contributed by atoms with Gasteiger partial charge in [0.2, 0.25) is 16.2 Å². The van der Waals surface area contributed by atoms with Crippen LogP contribution in [0.25, 0.3) is 16.7 Å². The third-order valence-corrected chi connectivity index (χ3v) is 6.07. The second kappa shape index (κ2) is 8.31. The number of rotatable bonds is 3. The van der Waals surface area contributed by atoms with Gasteiger partial charge >= 0.3 is 7.25 Å². The molecule has 4 rings (SSSR count). The van der Waals surface area contributed by atoms with Crippen LogP contribution in [0.15, 0.2) is 95.0 Å². The molecule has 0 radical (unpaired) electrons. The van der Waals surface area contributed by atoms with E-state index in [9.17, 15) is 25.7 Å². The number of sulfone groups is 1. The molecule has 4 aromatic rings. The number of imidazole rings is 1. The zero-order valence-electron chi connectivity index (χ0n) is 15.8. The number of nitrogens with zero attached hydrogens (tertiary/aromatic N) is 2. The van der Waals surface area contributed by atoms with Crippen LogP contribution < -0.4 is 4.57 Å². The van der Waals surface area contributed by atoms with Crippen molar-refractivity contribution >= 4 is 28.1 Å². The third-order valence-electron chi connectivity index (χ3n) is 4.29. The first kappa shape index (κ1) is 21.6. The maximum Gasteiger partial charge on any atom is 0.673 e. The Labute approximate surface area is 171 Å². The number of halogens is 4. The highest BCUT2D eigenvalue weighted by atomic mass is 32.2. The molecular formula is C20H17BF4N2O2S. The van der Waals surface area contributed by atoms with Gasteiger partial charge in [0.15, 0.2) is 11.0 Å². The first-order chi connectivity index (χ1) is 14.1. The van der Waals surface area contributed by atoms with E-state index in [1.807, 2.05) is 52.8 Å². The second-order valence-corrected chi connectivity index (χ2v) is 8.34. The Hall–Kier alpha value is -3.14. The SMILES string of the molecule is C[n+]1cn(-c2ccc(S(=O)(=O)c3ccccc3)cc2)c2ccccc21.F[B-](F)(F)F. The van der Waals surface area contributed by atoms with Gasteiger partial charge in [-0.15, -0.1) is 0 Å². The van der Waals surface area contributed by atoms with Gasteiger partial charge in [-0.3, -0.25) is 0 Å². The molecule has 0 saturated heterocycles. The summed E-state index contributed by atoms with van der Waals surface area (Å²) in [7, 11) is -7.50. The lowest BCUT2D eigenvalue weighted by Gasteiger charge is -2.05. The van der Waals surface area contributed by atoms with Crippen LogP contribution in [0.5, 0.6) is 0 Å². The molecule has 156 valence electrons. The van der Waals surface area contributed by atoms with Crippen molar-refractivity contribution in [2.75, 3.05) is 0 Å². The van der Waals surface area contributed by atoms with Gasteiger partial charge in [-0.25, -0.2) is 13.0 Å². The van der Waals surface area contributed by atoms with Crippen molar-refractivity contribution in [2.45, 2.75) is 9.79 Å². The van der Waals surface area contributed by atoms with E-state index in [2.05, 4.69) is 6.07 Å². The number of hydrogen-bond donors (Lipinski definition) is 0. The highest BCUT2D eigenvalue weighted by Gasteiger charge is 2.21. The molecule has 0 aliphatic rings. The van der Waals surface area contributed by atoms with Crippen LogP contribution in [0.4, 0.5) is 17.3 Å². The Morgan fingerprint density at radius 3 is 1.87 bits per heavy atom. The summed E-state index contributed by atoms with van der Waals surface area (Å²) in [5.74, 6) is 0. The molecule has 3 aromatic carbocycles. The van der Waals surface area contributed by atoms with E-state index in [0.29, 0.717) is 9.79 Å². The van der Waals surface area contributed by atoms with E-state index in [1.54, 1.807) is 42.5 Å². The predicted octanol–water partition coefficient (Wildman–Crippen LogP) is 4.59. The van der Waals surface area contributed by atoms with Crippen molar-refractivity contribution in [3.8, 4) is 5.69 Å². The number of para-hydroxylation sites is 2. The summed E-state index contributed by atoms with van der Waals surface area (Å²) >= 11 is 0. The molecule has 1 heterocycles. The van der Waals surface area contributed by atoms with Crippen molar-refractivity contribution in [1.82, 2.24) is 4.57 Å². The summed E-state index contributed by atoms with van der Waals surface area (Å²) in [5.41, 5.74) is 3.11. The number of aryl methyl sites for hydroxylation is 1. The lowest BCUT2D eigenvalue weighted by Crippen LogP contribution is -2.25. The van der Waals surface area contributed by atoms with Crippen LogP contribution in [0.3, 0.4) is 0 Å². The van der Waals surface area contributed by atoms with Gasteiger partial charge in [0.05, 0.1) is 16.8 Å². The lowest BCUT2D eigenvalue weighted by atomic mass is 10.3. The fourth-order valence-corrected chi connectivity index (χ4v) is 4.27. The maximum atomic E-state index is 12.7. The summed E-state index contributed by atoms with van der Waals surface area (Å²) in [6.07, 6.45) is 1.99. The molecule has 1 aromatic heterocycles. The Kier molecular flexibility index (Phi) is 5.98. The Balaban J connectivity index is 0.000000461. The first-order valence-electron chi connectivity index (χ1n) is 8.81. The van der Waals surface area contributed by atoms with Crippen molar-refractivity contribution in [3.05, 3.63) is 85.2 Å². The number of benzene rings is 3. The van der Waals surface area contributed by atoms with Crippen molar-refractivity contribution in [1.29, 1.82) is 0 Å². The molecule has 0 N–H and O–H groups in total. The third kappa shape index (κ3) is 4.88. The molecule has 0 aliphatic heterocycles. The normalized spacial score (nSPS) is 11.8. The summed E-state index contributed by atoms with van der Waals surface area (Å²) < 4.78 is 68.5. The molecule has 0 spiro atoms. The predicted molar refractivity (Wildman–Crippen MR) is 107 cm³/mol. The fraction of sp³-hybridized carbons (Fsp3) is 0.0500. The van der Waals surface area contributed by atoms with Crippen molar-refractivity contribution in [2.24, 2.45) is 7.05 Å². The molecule has 0 aliphatic carbocycles. The van der Waals surface area contributed by atoms with Crippen LogP contribution in [-0.2, 0) is 16.9 Å². The Morgan fingerprint density at radius 1 is 0.767 bits per heavy atom. The molecule has 10 heteroatoms. The van der Waals surface area contributed by atoms with Crippen LogP contribution in [-0.4, -0.2) is 20.2 Å². The van der Waals surface area contributed by atoms with Crippen molar-refractivity contribution < 1.29 is 30.2 Å². The maximum absolute atomic E-state index is 12.7. The molecule has 30 heavy (non-hydrogen) atoms.